The van der Waals surface area contributed by atoms with E-state index in [1.165, 1.54) is 31.4 Å². The highest BCUT2D eigenvalue weighted by atomic mass is 127. The predicted octanol–water partition coefficient (Wildman–Crippen LogP) is 3.62. The molecule has 1 amide bonds. The lowest BCUT2D eigenvalue weighted by Crippen LogP contribution is -2.43. The summed E-state index contributed by atoms with van der Waals surface area (Å²) < 4.78 is 11.1. The van der Waals surface area contributed by atoms with Gasteiger partial charge in [0.05, 0.1) is 0 Å². The second-order valence-corrected chi connectivity index (χ2v) is 6.62. The third-order valence-electron chi connectivity index (χ3n) is 3.99. The van der Waals surface area contributed by atoms with E-state index >= 15 is 0 Å². The van der Waals surface area contributed by atoms with Gasteiger partial charge in [-0.05, 0) is 60.6 Å². The number of hydrogen-bond donors (Lipinski definition) is 0. The summed E-state index contributed by atoms with van der Waals surface area (Å²) in [6.07, 6.45) is 8.48. The number of halogens is 1. The predicted molar refractivity (Wildman–Crippen MR) is 95.7 cm³/mol. The largest absolute Gasteiger partial charge is 0.452 e. The van der Waals surface area contributed by atoms with Crippen molar-refractivity contribution in [1.29, 1.82) is 0 Å². The van der Waals surface area contributed by atoms with Gasteiger partial charge in [0.15, 0.2) is 10.4 Å². The van der Waals surface area contributed by atoms with E-state index in [0.717, 1.165) is 16.6 Å². The summed E-state index contributed by atoms with van der Waals surface area (Å²) in [5, 5.41) is 0. The van der Waals surface area contributed by atoms with Crippen molar-refractivity contribution in [3.63, 3.8) is 0 Å². The zero-order chi connectivity index (χ0) is 16.7. The summed E-state index contributed by atoms with van der Waals surface area (Å²) in [5.74, 6) is -0.0757. The number of hydrogen-bond acceptors (Lipinski definition) is 4. The van der Waals surface area contributed by atoms with Crippen LogP contribution in [-0.2, 0) is 14.3 Å². The molecule has 23 heavy (non-hydrogen) atoms. The molecule has 1 aliphatic carbocycles. The molecule has 1 saturated carbocycles. The Kier molecular flexibility index (Phi) is 7.14. The highest BCUT2D eigenvalue weighted by molar-refractivity contribution is 14.1. The highest BCUT2D eigenvalue weighted by Crippen LogP contribution is 2.22. The second-order valence-electron chi connectivity index (χ2n) is 5.55. The molecule has 1 fully saturated rings. The van der Waals surface area contributed by atoms with Crippen LogP contribution in [0.2, 0.25) is 0 Å². The molecule has 0 aromatic carbocycles. The van der Waals surface area contributed by atoms with Crippen molar-refractivity contribution in [2.24, 2.45) is 0 Å². The number of rotatable bonds is 6. The molecule has 5 nitrogen and oxygen atoms in total. The third-order valence-corrected chi connectivity index (χ3v) is 4.57. The smallest absolute Gasteiger partial charge is 0.331 e. The van der Waals surface area contributed by atoms with Gasteiger partial charge < -0.3 is 14.1 Å². The van der Waals surface area contributed by atoms with E-state index in [9.17, 15) is 9.59 Å². The number of amides is 1. The Labute approximate surface area is 150 Å². The fourth-order valence-corrected chi connectivity index (χ4v) is 3.30. The van der Waals surface area contributed by atoms with Crippen LogP contribution >= 0.6 is 22.6 Å². The number of esters is 1. The van der Waals surface area contributed by atoms with E-state index < -0.39 is 5.97 Å². The fraction of sp³-hybridized carbons (Fsp3) is 0.529. The first-order valence-corrected chi connectivity index (χ1v) is 9.07. The first-order valence-electron chi connectivity index (χ1n) is 7.99. The van der Waals surface area contributed by atoms with Crippen LogP contribution in [0.15, 0.2) is 22.6 Å². The maximum atomic E-state index is 12.3. The number of likely N-dealkylation sites (N-methyl/N-ethyl adjacent to an activating group) is 1. The standard InChI is InChI=1S/C17H22INO4/c1-2-19(13-6-4-3-5-7-13)16(20)12-22-17(21)11-9-14-8-10-15(18)23-14/h8-11,13H,2-7,12H2,1H3. The summed E-state index contributed by atoms with van der Waals surface area (Å²) in [6.45, 7) is 2.41. The van der Waals surface area contributed by atoms with Crippen LogP contribution in [0.1, 0.15) is 44.8 Å². The van der Waals surface area contributed by atoms with E-state index in [1.54, 1.807) is 12.1 Å². The van der Waals surface area contributed by atoms with E-state index in [1.807, 2.05) is 34.4 Å². The van der Waals surface area contributed by atoms with Crippen molar-refractivity contribution in [3.05, 3.63) is 27.7 Å². The molecule has 1 aromatic rings. The number of carbonyl (C=O) groups is 2. The molecule has 0 saturated heterocycles. The van der Waals surface area contributed by atoms with Gasteiger partial charge in [0, 0.05) is 18.7 Å². The molecule has 0 bridgehead atoms. The molecule has 2 rings (SSSR count). The third kappa shape index (κ3) is 5.67. The van der Waals surface area contributed by atoms with Gasteiger partial charge in [-0.3, -0.25) is 4.79 Å². The van der Waals surface area contributed by atoms with Crippen LogP contribution in [0.25, 0.3) is 6.08 Å². The molecular formula is C17H22INO4. The Morgan fingerprint density at radius 3 is 2.70 bits per heavy atom. The van der Waals surface area contributed by atoms with Crippen LogP contribution in [0.3, 0.4) is 0 Å². The molecule has 0 unspecified atom stereocenters. The topological polar surface area (TPSA) is 59.8 Å². The van der Waals surface area contributed by atoms with Crippen LogP contribution in [0.5, 0.6) is 0 Å². The first-order chi connectivity index (χ1) is 11.1. The zero-order valence-corrected chi connectivity index (χ0v) is 15.5. The van der Waals surface area contributed by atoms with E-state index in [0.29, 0.717) is 18.3 Å². The zero-order valence-electron chi connectivity index (χ0n) is 13.3. The van der Waals surface area contributed by atoms with Crippen LogP contribution < -0.4 is 0 Å². The van der Waals surface area contributed by atoms with E-state index in [-0.39, 0.29) is 12.5 Å². The minimum Gasteiger partial charge on any atom is -0.452 e. The minimum absolute atomic E-state index is 0.117. The number of ether oxygens (including phenoxy) is 1. The van der Waals surface area contributed by atoms with Crippen LogP contribution in [-0.4, -0.2) is 36.0 Å². The molecule has 0 aliphatic heterocycles. The molecule has 0 N–H and O–H groups in total. The summed E-state index contributed by atoms with van der Waals surface area (Å²) in [6, 6.07) is 3.86. The maximum Gasteiger partial charge on any atom is 0.331 e. The molecule has 0 radical (unpaired) electrons. The van der Waals surface area contributed by atoms with Gasteiger partial charge in [-0.25, -0.2) is 4.79 Å². The van der Waals surface area contributed by atoms with Crippen LogP contribution in [0.4, 0.5) is 0 Å². The van der Waals surface area contributed by atoms with Gasteiger partial charge in [-0.1, -0.05) is 19.3 Å². The summed E-state index contributed by atoms with van der Waals surface area (Å²) in [4.78, 5) is 25.8. The summed E-state index contributed by atoms with van der Waals surface area (Å²) in [7, 11) is 0. The highest BCUT2D eigenvalue weighted by Gasteiger charge is 2.24. The molecule has 0 atom stereocenters. The van der Waals surface area contributed by atoms with Gasteiger partial charge >= 0.3 is 5.97 Å². The molecule has 126 valence electrons. The van der Waals surface area contributed by atoms with Crippen molar-refractivity contribution in [2.75, 3.05) is 13.2 Å². The average molecular weight is 431 g/mol. The van der Waals surface area contributed by atoms with Gasteiger partial charge in [0.2, 0.25) is 0 Å². The molecule has 6 heteroatoms. The lowest BCUT2D eigenvalue weighted by atomic mass is 9.94. The Morgan fingerprint density at radius 2 is 2.09 bits per heavy atom. The van der Waals surface area contributed by atoms with Crippen molar-refractivity contribution in [1.82, 2.24) is 4.90 Å². The summed E-state index contributed by atoms with van der Waals surface area (Å²) in [5.41, 5.74) is 0. The lowest BCUT2D eigenvalue weighted by Gasteiger charge is -2.33. The van der Waals surface area contributed by atoms with Gasteiger partial charge in [-0.2, -0.15) is 0 Å². The molecule has 1 aliphatic rings. The quantitative estimate of drug-likeness (QED) is 0.392. The van der Waals surface area contributed by atoms with Crippen LogP contribution in [0, 0.1) is 3.77 Å². The minimum atomic E-state index is -0.538. The maximum absolute atomic E-state index is 12.3. The SMILES string of the molecule is CCN(C(=O)COC(=O)C=Cc1ccc(I)o1)C1CCCCC1. The molecule has 1 heterocycles. The molecule has 0 spiro atoms. The van der Waals surface area contributed by atoms with Crippen molar-refractivity contribution >= 4 is 40.5 Å². The van der Waals surface area contributed by atoms with E-state index in [4.69, 9.17) is 9.15 Å². The number of furan rings is 1. The van der Waals surface area contributed by atoms with Gasteiger partial charge in [0.1, 0.15) is 5.76 Å². The van der Waals surface area contributed by atoms with Gasteiger partial charge in [0.25, 0.3) is 5.91 Å². The summed E-state index contributed by atoms with van der Waals surface area (Å²) >= 11 is 2.05. The monoisotopic (exact) mass is 431 g/mol. The molecule has 1 aromatic heterocycles. The number of carbonyl (C=O) groups excluding carboxylic acids is 2. The van der Waals surface area contributed by atoms with Gasteiger partial charge in [-0.15, -0.1) is 0 Å². The number of nitrogens with zero attached hydrogens (tertiary/aromatic N) is 1. The Hall–Kier alpha value is -1.31. The van der Waals surface area contributed by atoms with Crippen molar-refractivity contribution in [2.45, 2.75) is 45.1 Å². The Bertz CT molecular complexity index is 561. The van der Waals surface area contributed by atoms with Crippen molar-refractivity contribution < 1.29 is 18.7 Å². The fourth-order valence-electron chi connectivity index (χ4n) is 2.86. The lowest BCUT2D eigenvalue weighted by molar-refractivity contribution is -0.149. The molecular weight excluding hydrogens is 409 g/mol. The normalized spacial score (nSPS) is 15.7. The Balaban J connectivity index is 1.80. The average Bonchev–Trinajstić information content (AvgIpc) is 2.98. The van der Waals surface area contributed by atoms with E-state index in [2.05, 4.69) is 0 Å². The second kappa shape index (κ2) is 9.10. The van der Waals surface area contributed by atoms with Crippen molar-refractivity contribution in [3.8, 4) is 0 Å². The Morgan fingerprint density at radius 1 is 1.35 bits per heavy atom. The first kappa shape index (κ1) is 18.0.